The molecule has 1 heteroatoms. The van der Waals surface area contributed by atoms with Crippen molar-refractivity contribution in [1.82, 2.24) is 0 Å². The minimum Gasteiger partial charge on any atom is -0.330 e. The summed E-state index contributed by atoms with van der Waals surface area (Å²) >= 11 is 0. The number of benzene rings is 1. The zero-order valence-electron chi connectivity index (χ0n) is 11.0. The van der Waals surface area contributed by atoms with Crippen LogP contribution in [0.5, 0.6) is 0 Å². The SMILES string of the molecule is CCCc1ccc(C(CN)C2CCCC2)cc1. The molecule has 1 atom stereocenters. The van der Waals surface area contributed by atoms with Crippen LogP contribution < -0.4 is 5.73 Å². The van der Waals surface area contributed by atoms with E-state index < -0.39 is 0 Å². The molecular formula is C16H25N. The van der Waals surface area contributed by atoms with Gasteiger partial charge in [-0.2, -0.15) is 0 Å². The number of hydrogen-bond acceptors (Lipinski definition) is 1. The molecule has 94 valence electrons. The van der Waals surface area contributed by atoms with Crippen LogP contribution in [0.1, 0.15) is 56.1 Å². The molecule has 1 unspecified atom stereocenters. The third-order valence-electron chi connectivity index (χ3n) is 4.17. The highest BCUT2D eigenvalue weighted by atomic mass is 14.6. The predicted molar refractivity (Wildman–Crippen MR) is 74.2 cm³/mol. The van der Waals surface area contributed by atoms with Gasteiger partial charge < -0.3 is 5.73 Å². The van der Waals surface area contributed by atoms with Gasteiger partial charge in [0.05, 0.1) is 0 Å². The summed E-state index contributed by atoms with van der Waals surface area (Å²) in [6.45, 7) is 3.03. The van der Waals surface area contributed by atoms with E-state index in [9.17, 15) is 0 Å². The molecule has 0 spiro atoms. The summed E-state index contributed by atoms with van der Waals surface area (Å²) in [5.74, 6) is 1.42. The van der Waals surface area contributed by atoms with Crippen molar-refractivity contribution in [3.8, 4) is 0 Å². The van der Waals surface area contributed by atoms with Crippen LogP contribution in [0.3, 0.4) is 0 Å². The third kappa shape index (κ3) is 3.10. The molecular weight excluding hydrogens is 206 g/mol. The van der Waals surface area contributed by atoms with Gasteiger partial charge in [-0.3, -0.25) is 0 Å². The third-order valence-corrected chi connectivity index (χ3v) is 4.17. The van der Waals surface area contributed by atoms with Crippen LogP contribution in [0.2, 0.25) is 0 Å². The zero-order chi connectivity index (χ0) is 12.1. The van der Waals surface area contributed by atoms with Gasteiger partial charge in [0.1, 0.15) is 0 Å². The first-order valence-electron chi connectivity index (χ1n) is 7.14. The van der Waals surface area contributed by atoms with Crippen LogP contribution >= 0.6 is 0 Å². The number of rotatable bonds is 5. The van der Waals surface area contributed by atoms with E-state index in [1.807, 2.05) is 0 Å². The fraction of sp³-hybridized carbons (Fsp3) is 0.625. The molecule has 1 aliphatic rings. The molecule has 0 bridgehead atoms. The average molecular weight is 231 g/mol. The summed E-state index contributed by atoms with van der Waals surface area (Å²) < 4.78 is 0. The summed E-state index contributed by atoms with van der Waals surface area (Å²) in [5.41, 5.74) is 8.90. The standard InChI is InChI=1S/C16H25N/c1-2-5-13-8-10-15(11-9-13)16(12-17)14-6-3-4-7-14/h8-11,14,16H,2-7,12,17H2,1H3. The van der Waals surface area contributed by atoms with E-state index in [1.54, 1.807) is 0 Å². The Labute approximate surface area is 105 Å². The predicted octanol–water partition coefficient (Wildman–Crippen LogP) is 3.87. The van der Waals surface area contributed by atoms with E-state index in [0.717, 1.165) is 12.5 Å². The van der Waals surface area contributed by atoms with Gasteiger partial charge in [-0.25, -0.2) is 0 Å². The lowest BCUT2D eigenvalue weighted by Crippen LogP contribution is -2.19. The molecule has 2 N–H and O–H groups in total. The molecule has 1 saturated carbocycles. The van der Waals surface area contributed by atoms with Gasteiger partial charge in [0, 0.05) is 0 Å². The first-order valence-corrected chi connectivity index (χ1v) is 7.14. The van der Waals surface area contributed by atoms with E-state index in [4.69, 9.17) is 5.73 Å². The van der Waals surface area contributed by atoms with Gasteiger partial charge in [0.25, 0.3) is 0 Å². The second-order valence-corrected chi connectivity index (χ2v) is 5.38. The normalized spacial score (nSPS) is 18.5. The molecule has 2 rings (SSSR count). The zero-order valence-corrected chi connectivity index (χ0v) is 11.0. The lowest BCUT2D eigenvalue weighted by molar-refractivity contribution is 0.440. The minimum absolute atomic E-state index is 0.591. The summed E-state index contributed by atoms with van der Waals surface area (Å²) in [4.78, 5) is 0. The maximum absolute atomic E-state index is 5.98. The van der Waals surface area contributed by atoms with Crippen molar-refractivity contribution >= 4 is 0 Å². The molecule has 0 saturated heterocycles. The smallest absolute Gasteiger partial charge is 0.000556 e. The molecule has 1 fully saturated rings. The van der Waals surface area contributed by atoms with Crippen molar-refractivity contribution in [3.05, 3.63) is 35.4 Å². The maximum Gasteiger partial charge on any atom is -0.000556 e. The van der Waals surface area contributed by atoms with E-state index >= 15 is 0 Å². The van der Waals surface area contributed by atoms with Crippen LogP contribution in [0.4, 0.5) is 0 Å². The summed E-state index contributed by atoms with van der Waals surface area (Å²) in [6.07, 6.45) is 7.96. The van der Waals surface area contributed by atoms with Crippen molar-refractivity contribution < 1.29 is 0 Å². The number of aryl methyl sites for hydroxylation is 1. The molecule has 1 aromatic rings. The highest BCUT2D eigenvalue weighted by Gasteiger charge is 2.24. The topological polar surface area (TPSA) is 26.0 Å². The highest BCUT2D eigenvalue weighted by molar-refractivity contribution is 5.26. The molecule has 17 heavy (non-hydrogen) atoms. The fourth-order valence-electron chi connectivity index (χ4n) is 3.18. The summed E-state index contributed by atoms with van der Waals surface area (Å²) in [7, 11) is 0. The van der Waals surface area contributed by atoms with E-state index in [-0.39, 0.29) is 0 Å². The Balaban J connectivity index is 2.07. The van der Waals surface area contributed by atoms with Crippen molar-refractivity contribution in [1.29, 1.82) is 0 Å². The Morgan fingerprint density at radius 2 is 1.82 bits per heavy atom. The van der Waals surface area contributed by atoms with Gasteiger partial charge in [-0.1, -0.05) is 50.5 Å². The first-order chi connectivity index (χ1) is 8.35. The Hall–Kier alpha value is -0.820. The Morgan fingerprint density at radius 3 is 2.35 bits per heavy atom. The Bertz CT molecular complexity index is 322. The van der Waals surface area contributed by atoms with Crippen LogP contribution in [0.25, 0.3) is 0 Å². The minimum atomic E-state index is 0.591. The van der Waals surface area contributed by atoms with Crippen molar-refractivity contribution in [2.75, 3.05) is 6.54 Å². The van der Waals surface area contributed by atoms with Crippen molar-refractivity contribution in [2.45, 2.75) is 51.4 Å². The monoisotopic (exact) mass is 231 g/mol. The van der Waals surface area contributed by atoms with Crippen LogP contribution in [0.15, 0.2) is 24.3 Å². The quantitative estimate of drug-likeness (QED) is 0.818. The Morgan fingerprint density at radius 1 is 1.18 bits per heavy atom. The Kier molecular flexibility index (Phi) is 4.61. The lowest BCUT2D eigenvalue weighted by atomic mass is 9.84. The molecule has 0 heterocycles. The molecule has 0 aliphatic heterocycles. The van der Waals surface area contributed by atoms with E-state index in [2.05, 4.69) is 31.2 Å². The fourth-order valence-corrected chi connectivity index (χ4v) is 3.18. The first kappa shape index (κ1) is 12.6. The van der Waals surface area contributed by atoms with Gasteiger partial charge in [0.2, 0.25) is 0 Å². The average Bonchev–Trinajstić information content (AvgIpc) is 2.86. The summed E-state index contributed by atoms with van der Waals surface area (Å²) in [5, 5.41) is 0. The number of nitrogens with two attached hydrogens (primary N) is 1. The van der Waals surface area contributed by atoms with Gasteiger partial charge >= 0.3 is 0 Å². The molecule has 0 aromatic heterocycles. The van der Waals surface area contributed by atoms with Crippen LogP contribution in [-0.4, -0.2) is 6.54 Å². The van der Waals surface area contributed by atoms with E-state index in [1.165, 1.54) is 49.7 Å². The van der Waals surface area contributed by atoms with Gasteiger partial charge in [-0.05, 0) is 48.8 Å². The van der Waals surface area contributed by atoms with Gasteiger partial charge in [-0.15, -0.1) is 0 Å². The van der Waals surface area contributed by atoms with Crippen molar-refractivity contribution in [3.63, 3.8) is 0 Å². The molecule has 1 aliphatic carbocycles. The molecule has 0 radical (unpaired) electrons. The van der Waals surface area contributed by atoms with E-state index in [0.29, 0.717) is 5.92 Å². The lowest BCUT2D eigenvalue weighted by Gasteiger charge is -2.22. The summed E-state index contributed by atoms with van der Waals surface area (Å²) in [6, 6.07) is 9.19. The molecule has 1 nitrogen and oxygen atoms in total. The number of hydrogen-bond donors (Lipinski definition) is 1. The largest absolute Gasteiger partial charge is 0.330 e. The van der Waals surface area contributed by atoms with Crippen LogP contribution in [0, 0.1) is 5.92 Å². The van der Waals surface area contributed by atoms with Gasteiger partial charge in [0.15, 0.2) is 0 Å². The second kappa shape index (κ2) is 6.20. The highest BCUT2D eigenvalue weighted by Crippen LogP contribution is 2.36. The maximum atomic E-state index is 5.98. The van der Waals surface area contributed by atoms with Crippen molar-refractivity contribution in [2.24, 2.45) is 11.7 Å². The molecule has 0 amide bonds. The molecule has 1 aromatic carbocycles. The van der Waals surface area contributed by atoms with Crippen LogP contribution in [-0.2, 0) is 6.42 Å². The second-order valence-electron chi connectivity index (χ2n) is 5.38.